The SMILES string of the molecule is Cc1ccc(N2CCCC(N(Cc3ccnc(C)c3)Cc3cn(C4CC4)c4cc(N5CC[C@@H](CN)C5)c(F)cc4c3=O)C2)cn1. The van der Waals surface area contributed by atoms with E-state index in [4.69, 9.17) is 5.73 Å². The maximum Gasteiger partial charge on any atom is 0.193 e. The topological polar surface area (TPSA) is 83.5 Å². The Morgan fingerprint density at radius 1 is 0.956 bits per heavy atom. The number of anilines is 2. The molecule has 0 spiro atoms. The molecular formula is C36H44FN7O. The lowest BCUT2D eigenvalue weighted by Crippen LogP contribution is -2.48. The van der Waals surface area contributed by atoms with E-state index >= 15 is 4.39 Å². The summed E-state index contributed by atoms with van der Waals surface area (Å²) in [5.74, 6) is 0.0526. The van der Waals surface area contributed by atoms with Crippen molar-refractivity contribution in [2.45, 2.75) is 71.1 Å². The standard InChI is InChI=1S/C36H44FN7O/c1-24-5-6-30(18-40-24)41-12-3-4-31(23-41)43(19-26-9-11-39-25(2)14-26)21-28-22-44(29-7-8-29)34-16-35(33(37)15-32(34)36(28)45)42-13-10-27(17-38)20-42/h5-6,9,11,14-16,18,22,27,29,31H,3-4,7-8,10,12-13,17,19-21,23,38H2,1-2H3/t27-,31?/m0/s1. The molecule has 2 atom stereocenters. The Hall–Kier alpha value is -3.82. The number of rotatable bonds is 9. The van der Waals surface area contributed by atoms with Gasteiger partial charge in [0.15, 0.2) is 5.43 Å². The van der Waals surface area contributed by atoms with Crippen molar-refractivity contribution < 1.29 is 4.39 Å². The summed E-state index contributed by atoms with van der Waals surface area (Å²) in [6, 6.07) is 12.4. The molecular weight excluding hydrogens is 565 g/mol. The zero-order chi connectivity index (χ0) is 31.1. The third kappa shape index (κ3) is 6.33. The van der Waals surface area contributed by atoms with Crippen molar-refractivity contribution in [3.63, 3.8) is 0 Å². The van der Waals surface area contributed by atoms with Crippen LogP contribution in [0.4, 0.5) is 15.8 Å². The second kappa shape index (κ2) is 12.5. The van der Waals surface area contributed by atoms with Crippen LogP contribution in [0, 0.1) is 25.6 Å². The van der Waals surface area contributed by atoms with Gasteiger partial charge in [-0.15, -0.1) is 0 Å². The Bertz CT molecular complexity index is 1730. The highest BCUT2D eigenvalue weighted by Crippen LogP contribution is 2.39. The van der Waals surface area contributed by atoms with E-state index in [0.717, 1.165) is 86.4 Å². The lowest BCUT2D eigenvalue weighted by molar-refractivity contribution is 0.158. The normalized spacial score (nSPS) is 20.5. The van der Waals surface area contributed by atoms with Crippen LogP contribution in [0.2, 0.25) is 0 Å². The quantitative estimate of drug-likeness (QED) is 0.274. The predicted molar refractivity (Wildman–Crippen MR) is 178 cm³/mol. The van der Waals surface area contributed by atoms with Gasteiger partial charge in [0.1, 0.15) is 5.82 Å². The number of hydrogen-bond donors (Lipinski definition) is 1. The first-order valence-electron chi connectivity index (χ1n) is 16.5. The highest BCUT2D eigenvalue weighted by molar-refractivity contribution is 5.84. The van der Waals surface area contributed by atoms with Gasteiger partial charge in [0.2, 0.25) is 0 Å². The second-order valence-corrected chi connectivity index (χ2v) is 13.4. The minimum absolute atomic E-state index is 0.0695. The van der Waals surface area contributed by atoms with Crippen molar-refractivity contribution in [1.29, 1.82) is 0 Å². The van der Waals surface area contributed by atoms with Crippen LogP contribution in [-0.2, 0) is 13.1 Å². The summed E-state index contributed by atoms with van der Waals surface area (Å²) < 4.78 is 18.0. The molecule has 0 radical (unpaired) electrons. The van der Waals surface area contributed by atoms with Crippen molar-refractivity contribution in [3.8, 4) is 0 Å². The summed E-state index contributed by atoms with van der Waals surface area (Å²) in [4.78, 5) is 30.1. The van der Waals surface area contributed by atoms with Crippen LogP contribution in [0.15, 0.2) is 59.8 Å². The van der Waals surface area contributed by atoms with Gasteiger partial charge >= 0.3 is 0 Å². The van der Waals surface area contributed by atoms with E-state index in [9.17, 15) is 4.79 Å². The number of benzene rings is 1. The summed E-state index contributed by atoms with van der Waals surface area (Å²) in [7, 11) is 0. The lowest BCUT2D eigenvalue weighted by atomic mass is 10.0. The van der Waals surface area contributed by atoms with Crippen LogP contribution in [0.5, 0.6) is 0 Å². The fourth-order valence-corrected chi connectivity index (χ4v) is 7.27. The number of aromatic nitrogens is 3. The van der Waals surface area contributed by atoms with E-state index in [1.54, 1.807) is 0 Å². The Kier molecular flexibility index (Phi) is 8.31. The Labute approximate surface area is 264 Å². The number of aryl methyl sites for hydroxylation is 2. The first-order valence-corrected chi connectivity index (χ1v) is 16.5. The molecule has 2 N–H and O–H groups in total. The molecule has 236 valence electrons. The molecule has 2 saturated heterocycles. The van der Waals surface area contributed by atoms with E-state index in [1.165, 1.54) is 11.6 Å². The number of piperidine rings is 1. The Morgan fingerprint density at radius 3 is 2.56 bits per heavy atom. The fraction of sp³-hybridized carbons (Fsp3) is 0.472. The van der Waals surface area contributed by atoms with Crippen LogP contribution in [-0.4, -0.2) is 58.2 Å². The molecule has 9 heteroatoms. The van der Waals surface area contributed by atoms with Crippen LogP contribution >= 0.6 is 0 Å². The lowest BCUT2D eigenvalue weighted by Gasteiger charge is -2.40. The summed E-state index contributed by atoms with van der Waals surface area (Å²) in [6.45, 7) is 9.23. The first kappa shape index (κ1) is 29.9. The van der Waals surface area contributed by atoms with E-state index in [0.29, 0.717) is 42.7 Å². The maximum absolute atomic E-state index is 15.7. The third-order valence-electron chi connectivity index (χ3n) is 9.97. The molecule has 2 aliphatic heterocycles. The zero-order valence-electron chi connectivity index (χ0n) is 26.5. The molecule has 0 amide bonds. The van der Waals surface area contributed by atoms with Gasteiger partial charge in [0, 0.05) is 86.1 Å². The second-order valence-electron chi connectivity index (χ2n) is 13.4. The van der Waals surface area contributed by atoms with E-state index in [2.05, 4.69) is 59.7 Å². The average Bonchev–Trinajstić information content (AvgIpc) is 3.78. The first-order chi connectivity index (χ1) is 21.9. The number of nitrogens with two attached hydrogens (primary N) is 1. The van der Waals surface area contributed by atoms with Crippen LogP contribution < -0.4 is 21.0 Å². The molecule has 3 fully saturated rings. The predicted octanol–water partition coefficient (Wildman–Crippen LogP) is 5.34. The van der Waals surface area contributed by atoms with Gasteiger partial charge in [-0.2, -0.15) is 0 Å². The molecule has 1 unspecified atom stereocenters. The highest BCUT2D eigenvalue weighted by atomic mass is 19.1. The monoisotopic (exact) mass is 609 g/mol. The molecule has 1 saturated carbocycles. The van der Waals surface area contributed by atoms with Gasteiger partial charge in [0.25, 0.3) is 0 Å². The molecule has 1 aromatic carbocycles. The zero-order valence-corrected chi connectivity index (χ0v) is 26.5. The van der Waals surface area contributed by atoms with E-state index < -0.39 is 0 Å². The number of halogens is 1. The number of pyridine rings is 3. The Morgan fingerprint density at radius 2 is 1.82 bits per heavy atom. The molecule has 4 aromatic rings. The number of nitrogens with zero attached hydrogens (tertiary/aromatic N) is 6. The summed E-state index contributed by atoms with van der Waals surface area (Å²) >= 11 is 0. The van der Waals surface area contributed by atoms with Crippen molar-refractivity contribution >= 4 is 22.3 Å². The van der Waals surface area contributed by atoms with E-state index in [-0.39, 0.29) is 17.3 Å². The molecule has 3 aliphatic rings. The van der Waals surface area contributed by atoms with Gasteiger partial charge in [-0.25, -0.2) is 4.39 Å². The molecule has 0 bridgehead atoms. The highest BCUT2D eigenvalue weighted by Gasteiger charge is 2.31. The van der Waals surface area contributed by atoms with Gasteiger partial charge in [0.05, 0.1) is 23.1 Å². The van der Waals surface area contributed by atoms with Crippen molar-refractivity contribution in [1.82, 2.24) is 19.4 Å². The van der Waals surface area contributed by atoms with Crippen LogP contribution in [0.3, 0.4) is 0 Å². The summed E-state index contributed by atoms with van der Waals surface area (Å²) in [6.07, 6.45) is 11.1. The molecule has 3 aromatic heterocycles. The minimum atomic E-state index is -0.324. The molecule has 45 heavy (non-hydrogen) atoms. The fourth-order valence-electron chi connectivity index (χ4n) is 7.27. The molecule has 7 rings (SSSR count). The third-order valence-corrected chi connectivity index (χ3v) is 9.97. The number of fused-ring (bicyclic) bond motifs is 1. The van der Waals surface area contributed by atoms with Crippen LogP contribution in [0.1, 0.15) is 60.7 Å². The van der Waals surface area contributed by atoms with Crippen molar-refractivity contribution in [2.75, 3.05) is 42.5 Å². The van der Waals surface area contributed by atoms with Gasteiger partial charge in [-0.1, -0.05) is 0 Å². The smallest absolute Gasteiger partial charge is 0.193 e. The van der Waals surface area contributed by atoms with Crippen LogP contribution in [0.25, 0.3) is 10.9 Å². The molecule has 8 nitrogen and oxygen atoms in total. The summed E-state index contributed by atoms with van der Waals surface area (Å²) in [5.41, 5.74) is 12.3. The molecule has 5 heterocycles. The average molecular weight is 610 g/mol. The van der Waals surface area contributed by atoms with Crippen molar-refractivity contribution in [3.05, 3.63) is 93.5 Å². The molecule has 1 aliphatic carbocycles. The van der Waals surface area contributed by atoms with Crippen molar-refractivity contribution in [2.24, 2.45) is 11.7 Å². The Balaban J connectivity index is 1.24. The van der Waals surface area contributed by atoms with E-state index in [1.807, 2.05) is 32.3 Å². The summed E-state index contributed by atoms with van der Waals surface area (Å²) in [5, 5.41) is 0.478. The maximum atomic E-state index is 15.7. The van der Waals surface area contributed by atoms with Gasteiger partial charge in [-0.05, 0) is 100 Å². The van der Waals surface area contributed by atoms with Gasteiger partial charge in [-0.3, -0.25) is 19.7 Å². The van der Waals surface area contributed by atoms with Gasteiger partial charge < -0.3 is 20.1 Å². The minimum Gasteiger partial charge on any atom is -0.369 e. The largest absolute Gasteiger partial charge is 0.369 e. The number of hydrogen-bond acceptors (Lipinski definition) is 7.